The molecule has 0 fully saturated rings. The normalized spacial score (nSPS) is 15.9. The van der Waals surface area contributed by atoms with Crippen LogP contribution in [0.5, 0.6) is 11.5 Å². The lowest BCUT2D eigenvalue weighted by atomic mass is 10.1. The van der Waals surface area contributed by atoms with Crippen LogP contribution in [0.15, 0.2) is 48.5 Å². The molecule has 0 saturated carbocycles. The van der Waals surface area contributed by atoms with Gasteiger partial charge >= 0.3 is 12.2 Å². The molecule has 1 aliphatic rings. The molecule has 0 bridgehead atoms. The van der Waals surface area contributed by atoms with Crippen molar-refractivity contribution in [3.05, 3.63) is 59.7 Å². The van der Waals surface area contributed by atoms with Crippen molar-refractivity contribution in [3.63, 3.8) is 0 Å². The van der Waals surface area contributed by atoms with E-state index in [0.29, 0.717) is 23.7 Å². The summed E-state index contributed by atoms with van der Waals surface area (Å²) >= 11 is 0. The number of nitrogens with one attached hydrogen (secondary N) is 1. The van der Waals surface area contributed by atoms with E-state index < -0.39 is 11.7 Å². The Labute approximate surface area is 154 Å². The van der Waals surface area contributed by atoms with Crippen molar-refractivity contribution in [2.75, 3.05) is 20.2 Å². The Morgan fingerprint density at radius 3 is 2.48 bits per heavy atom. The summed E-state index contributed by atoms with van der Waals surface area (Å²) in [6, 6.07) is 11.7. The van der Waals surface area contributed by atoms with Crippen LogP contribution >= 0.6 is 0 Å². The van der Waals surface area contributed by atoms with Crippen LogP contribution in [0.3, 0.4) is 0 Å². The molecular weight excluding hydrogens is 361 g/mol. The van der Waals surface area contributed by atoms with Gasteiger partial charge in [0.1, 0.15) is 6.61 Å². The topological polar surface area (TPSA) is 50.8 Å². The average molecular weight is 380 g/mol. The number of hydrogen-bond donors (Lipinski definition) is 1. The molecule has 0 radical (unpaired) electrons. The summed E-state index contributed by atoms with van der Waals surface area (Å²) in [5, 5.41) is 2.74. The summed E-state index contributed by atoms with van der Waals surface area (Å²) in [6.07, 6.45) is -4.69. The number of alkyl halides is 3. The van der Waals surface area contributed by atoms with E-state index >= 15 is 0 Å². The van der Waals surface area contributed by atoms with E-state index in [2.05, 4.69) is 5.32 Å². The minimum atomic E-state index is -4.37. The Bertz CT molecular complexity index is 794. The van der Waals surface area contributed by atoms with Crippen LogP contribution in [0.25, 0.3) is 0 Å². The number of benzene rings is 2. The van der Waals surface area contributed by atoms with Crippen molar-refractivity contribution in [2.45, 2.75) is 18.8 Å². The minimum Gasteiger partial charge on any atom is -0.486 e. The van der Waals surface area contributed by atoms with Crippen molar-refractivity contribution in [2.24, 2.45) is 0 Å². The number of ether oxygens (including phenoxy) is 2. The van der Waals surface area contributed by atoms with Crippen molar-refractivity contribution >= 4 is 6.03 Å². The van der Waals surface area contributed by atoms with E-state index in [1.165, 1.54) is 17.0 Å². The quantitative estimate of drug-likeness (QED) is 0.880. The third-order valence-electron chi connectivity index (χ3n) is 4.10. The van der Waals surface area contributed by atoms with Crippen LogP contribution < -0.4 is 14.8 Å². The number of para-hydroxylation sites is 2. The molecule has 0 aliphatic carbocycles. The van der Waals surface area contributed by atoms with Gasteiger partial charge in [-0.2, -0.15) is 13.2 Å². The lowest BCUT2D eigenvalue weighted by Crippen LogP contribution is -2.44. The molecule has 0 spiro atoms. The van der Waals surface area contributed by atoms with Crippen LogP contribution in [-0.4, -0.2) is 37.2 Å². The summed E-state index contributed by atoms with van der Waals surface area (Å²) in [6.45, 7) is 0.763. The van der Waals surface area contributed by atoms with E-state index in [1.54, 1.807) is 13.1 Å². The molecule has 0 saturated heterocycles. The molecule has 2 aromatic rings. The monoisotopic (exact) mass is 380 g/mol. The standard InChI is InChI=1S/C19H19F3N2O3/c1-24(11-13-6-8-14(9-7-13)19(20,21)22)18(25)23-10-15-12-26-16-4-2-3-5-17(16)27-15/h2-9,15H,10-12H2,1H3,(H,23,25)/t15-/m0/s1. The number of urea groups is 1. The molecule has 1 N–H and O–H groups in total. The van der Waals surface area contributed by atoms with Gasteiger partial charge in [-0.1, -0.05) is 24.3 Å². The molecule has 5 nitrogen and oxygen atoms in total. The number of carbonyl (C=O) groups is 1. The maximum atomic E-state index is 12.6. The Balaban J connectivity index is 1.48. The molecule has 0 aromatic heterocycles. The molecular formula is C19H19F3N2O3. The van der Waals surface area contributed by atoms with Crippen molar-refractivity contribution < 1.29 is 27.4 Å². The fourth-order valence-corrected chi connectivity index (χ4v) is 2.64. The zero-order valence-electron chi connectivity index (χ0n) is 14.6. The zero-order chi connectivity index (χ0) is 19.4. The zero-order valence-corrected chi connectivity index (χ0v) is 14.6. The van der Waals surface area contributed by atoms with Gasteiger partial charge in [-0.3, -0.25) is 0 Å². The number of hydrogen-bond acceptors (Lipinski definition) is 3. The molecule has 0 unspecified atom stereocenters. The number of nitrogens with zero attached hydrogens (tertiary/aromatic N) is 1. The number of halogens is 3. The van der Waals surface area contributed by atoms with Crippen LogP contribution in [0, 0.1) is 0 Å². The van der Waals surface area contributed by atoms with Crippen LogP contribution in [0.4, 0.5) is 18.0 Å². The molecule has 3 rings (SSSR count). The second-order valence-corrected chi connectivity index (χ2v) is 6.23. The van der Waals surface area contributed by atoms with E-state index in [4.69, 9.17) is 9.47 Å². The van der Waals surface area contributed by atoms with Crippen LogP contribution in [0.1, 0.15) is 11.1 Å². The molecule has 1 aliphatic heterocycles. The first kappa shape index (κ1) is 18.9. The van der Waals surface area contributed by atoms with Crippen molar-refractivity contribution in [1.29, 1.82) is 0 Å². The SMILES string of the molecule is CN(Cc1ccc(C(F)(F)F)cc1)C(=O)NC[C@H]1COc2ccccc2O1. The Morgan fingerprint density at radius 2 is 1.81 bits per heavy atom. The summed E-state index contributed by atoms with van der Waals surface area (Å²) in [7, 11) is 1.57. The number of fused-ring (bicyclic) bond motifs is 1. The Morgan fingerprint density at radius 1 is 1.15 bits per heavy atom. The van der Waals surface area contributed by atoms with Gasteiger partial charge in [-0.05, 0) is 29.8 Å². The third kappa shape index (κ3) is 4.84. The molecule has 2 aromatic carbocycles. The van der Waals surface area contributed by atoms with E-state index in [9.17, 15) is 18.0 Å². The highest BCUT2D eigenvalue weighted by atomic mass is 19.4. The van der Waals surface area contributed by atoms with E-state index in [-0.39, 0.29) is 25.2 Å². The summed E-state index contributed by atoms with van der Waals surface area (Å²) in [4.78, 5) is 13.6. The predicted octanol–water partition coefficient (Wildman–Crippen LogP) is 3.69. The highest BCUT2D eigenvalue weighted by molar-refractivity contribution is 5.73. The largest absolute Gasteiger partial charge is 0.486 e. The average Bonchev–Trinajstić information content (AvgIpc) is 2.65. The van der Waals surface area contributed by atoms with Gasteiger partial charge < -0.3 is 19.7 Å². The summed E-state index contributed by atoms with van der Waals surface area (Å²) in [5.74, 6) is 1.29. The first-order valence-electron chi connectivity index (χ1n) is 8.36. The smallest absolute Gasteiger partial charge is 0.416 e. The van der Waals surface area contributed by atoms with Crippen LogP contribution in [-0.2, 0) is 12.7 Å². The summed E-state index contributed by atoms with van der Waals surface area (Å²) in [5.41, 5.74) is -0.111. The highest BCUT2D eigenvalue weighted by Crippen LogP contribution is 2.31. The van der Waals surface area contributed by atoms with Gasteiger partial charge in [0.05, 0.1) is 12.1 Å². The first-order chi connectivity index (χ1) is 12.8. The van der Waals surface area contributed by atoms with Crippen LogP contribution in [0.2, 0.25) is 0 Å². The molecule has 27 heavy (non-hydrogen) atoms. The summed E-state index contributed by atoms with van der Waals surface area (Å²) < 4.78 is 49.1. The molecule has 1 heterocycles. The number of carbonyl (C=O) groups excluding carboxylic acids is 1. The molecule has 2 amide bonds. The van der Waals surface area contributed by atoms with E-state index in [0.717, 1.165) is 12.1 Å². The molecule has 144 valence electrons. The Kier molecular flexibility index (Phi) is 5.43. The fraction of sp³-hybridized carbons (Fsp3) is 0.316. The second-order valence-electron chi connectivity index (χ2n) is 6.23. The first-order valence-corrected chi connectivity index (χ1v) is 8.36. The highest BCUT2D eigenvalue weighted by Gasteiger charge is 2.30. The molecule has 1 atom stereocenters. The van der Waals surface area contributed by atoms with Crippen molar-refractivity contribution in [1.82, 2.24) is 10.2 Å². The van der Waals surface area contributed by atoms with Gasteiger partial charge in [0.15, 0.2) is 17.6 Å². The second kappa shape index (κ2) is 7.77. The minimum absolute atomic E-state index is 0.189. The number of amides is 2. The number of rotatable bonds is 4. The van der Waals surface area contributed by atoms with E-state index in [1.807, 2.05) is 18.2 Å². The predicted molar refractivity (Wildman–Crippen MR) is 92.7 cm³/mol. The maximum Gasteiger partial charge on any atom is 0.416 e. The van der Waals surface area contributed by atoms with Gasteiger partial charge in [0.2, 0.25) is 0 Å². The van der Waals surface area contributed by atoms with Gasteiger partial charge in [0, 0.05) is 13.6 Å². The third-order valence-corrected chi connectivity index (χ3v) is 4.10. The molecule has 8 heteroatoms. The van der Waals surface area contributed by atoms with Gasteiger partial charge in [-0.15, -0.1) is 0 Å². The Hall–Kier alpha value is -2.90. The van der Waals surface area contributed by atoms with Crippen molar-refractivity contribution in [3.8, 4) is 11.5 Å². The lowest BCUT2D eigenvalue weighted by Gasteiger charge is -2.27. The fourth-order valence-electron chi connectivity index (χ4n) is 2.64. The lowest BCUT2D eigenvalue weighted by molar-refractivity contribution is -0.137. The van der Waals surface area contributed by atoms with Gasteiger partial charge in [0.25, 0.3) is 0 Å². The maximum absolute atomic E-state index is 12.6. The van der Waals surface area contributed by atoms with Gasteiger partial charge in [-0.25, -0.2) is 4.79 Å².